The van der Waals surface area contributed by atoms with Gasteiger partial charge in [0, 0.05) is 46.4 Å². The van der Waals surface area contributed by atoms with Gasteiger partial charge < -0.3 is 15.0 Å². The number of rotatable bonds is 6. The van der Waals surface area contributed by atoms with E-state index in [9.17, 15) is 0 Å². The molecule has 0 bridgehead atoms. The highest BCUT2D eigenvalue weighted by Gasteiger charge is 2.41. The summed E-state index contributed by atoms with van der Waals surface area (Å²) in [6, 6.07) is 4.08. The maximum Gasteiger partial charge on any atom is 0.148 e. The third-order valence-corrected chi connectivity index (χ3v) is 7.38. The Kier molecular flexibility index (Phi) is 5.74. The van der Waals surface area contributed by atoms with Crippen molar-refractivity contribution in [3.63, 3.8) is 0 Å². The van der Waals surface area contributed by atoms with Gasteiger partial charge in [0.25, 0.3) is 0 Å². The molecule has 1 aliphatic carbocycles. The molecule has 2 saturated heterocycles. The van der Waals surface area contributed by atoms with Crippen LogP contribution in [0.1, 0.15) is 31.2 Å². The maximum absolute atomic E-state index is 5.51. The Morgan fingerprint density at radius 3 is 2.47 bits per heavy atom. The number of fused-ring (bicyclic) bond motifs is 1. The van der Waals surface area contributed by atoms with Gasteiger partial charge >= 0.3 is 0 Å². The minimum atomic E-state index is 0.756. The van der Waals surface area contributed by atoms with Crippen LogP contribution in [0.3, 0.4) is 0 Å². The summed E-state index contributed by atoms with van der Waals surface area (Å²) in [4.78, 5) is 2.74. The third kappa shape index (κ3) is 4.23. The normalized spacial score (nSPS) is 27.5. The average Bonchev–Trinajstić information content (AvgIpc) is 3.41. The fourth-order valence-electron chi connectivity index (χ4n) is 5.85. The van der Waals surface area contributed by atoms with Crippen LogP contribution in [-0.4, -0.2) is 64.3 Å². The van der Waals surface area contributed by atoms with Gasteiger partial charge in [-0.25, -0.2) is 0 Å². The zero-order valence-corrected chi connectivity index (χ0v) is 18.3. The van der Waals surface area contributed by atoms with Gasteiger partial charge in [0.15, 0.2) is 0 Å². The first-order chi connectivity index (χ1) is 14.7. The highest BCUT2D eigenvalue weighted by Crippen LogP contribution is 2.42. The summed E-state index contributed by atoms with van der Waals surface area (Å²) < 4.78 is 7.37. The molecule has 5 rings (SSSR count). The van der Waals surface area contributed by atoms with Crippen LogP contribution >= 0.6 is 0 Å². The number of hydrogen-bond donors (Lipinski definition) is 1. The van der Waals surface area contributed by atoms with Gasteiger partial charge in [-0.1, -0.05) is 0 Å². The molecule has 0 amide bonds. The van der Waals surface area contributed by atoms with E-state index in [0.717, 1.165) is 66.2 Å². The summed E-state index contributed by atoms with van der Waals surface area (Å²) in [6.45, 7) is 8.88. The average molecular weight is 411 g/mol. The van der Waals surface area contributed by atoms with E-state index in [2.05, 4.69) is 32.4 Å². The van der Waals surface area contributed by atoms with Crippen molar-refractivity contribution in [2.45, 2.75) is 32.6 Å². The summed E-state index contributed by atoms with van der Waals surface area (Å²) in [6.07, 6.45) is 7.06. The van der Waals surface area contributed by atoms with E-state index in [-0.39, 0.29) is 0 Å². The molecule has 1 N–H and O–H groups in total. The second kappa shape index (κ2) is 8.63. The third-order valence-electron chi connectivity index (χ3n) is 7.38. The molecular weight excluding hydrogens is 376 g/mol. The number of aryl methyl sites for hydroxylation is 2. The Hall–Kier alpha value is -1.99. The molecule has 30 heavy (non-hydrogen) atoms. The number of anilines is 1. The quantitative estimate of drug-likeness (QED) is 0.790. The van der Waals surface area contributed by atoms with E-state index in [1.165, 1.54) is 45.3 Å². The van der Waals surface area contributed by atoms with Crippen LogP contribution in [0.2, 0.25) is 0 Å². The van der Waals surface area contributed by atoms with E-state index >= 15 is 0 Å². The lowest BCUT2D eigenvalue weighted by molar-refractivity contribution is 0.0544. The molecule has 162 valence electrons. The smallest absolute Gasteiger partial charge is 0.148 e. The predicted molar refractivity (Wildman–Crippen MR) is 117 cm³/mol. The van der Waals surface area contributed by atoms with E-state index in [0.29, 0.717) is 0 Å². The summed E-state index contributed by atoms with van der Waals surface area (Å²) in [5, 5.41) is 16.7. The molecule has 3 atom stereocenters. The summed E-state index contributed by atoms with van der Waals surface area (Å²) >= 11 is 0. The van der Waals surface area contributed by atoms with Gasteiger partial charge in [-0.2, -0.15) is 5.10 Å². The van der Waals surface area contributed by atoms with Crippen LogP contribution in [0.5, 0.6) is 0 Å². The summed E-state index contributed by atoms with van der Waals surface area (Å²) in [5.41, 5.74) is 3.02. The van der Waals surface area contributed by atoms with Gasteiger partial charge in [-0.15, -0.1) is 10.2 Å². The van der Waals surface area contributed by atoms with Crippen LogP contribution < -0.4 is 5.32 Å². The molecule has 4 heterocycles. The first-order valence-electron chi connectivity index (χ1n) is 11.5. The van der Waals surface area contributed by atoms with Gasteiger partial charge in [0.2, 0.25) is 0 Å². The fourth-order valence-corrected chi connectivity index (χ4v) is 5.85. The van der Waals surface area contributed by atoms with Crippen LogP contribution in [-0.2, 0) is 11.8 Å². The zero-order valence-electron chi connectivity index (χ0n) is 18.3. The van der Waals surface area contributed by atoms with E-state index in [4.69, 9.17) is 4.74 Å². The van der Waals surface area contributed by atoms with Crippen LogP contribution in [0.25, 0.3) is 11.4 Å². The molecule has 0 aromatic carbocycles. The van der Waals surface area contributed by atoms with E-state index < -0.39 is 0 Å². The Labute approximate surface area is 179 Å². The first-order valence-corrected chi connectivity index (χ1v) is 11.5. The number of nitrogens with zero attached hydrogens (tertiary/aromatic N) is 5. The Morgan fingerprint density at radius 1 is 1.07 bits per heavy atom. The van der Waals surface area contributed by atoms with Gasteiger partial charge in [0.05, 0.1) is 11.9 Å². The zero-order chi connectivity index (χ0) is 20.5. The SMILES string of the molecule is Cc1cnn(C)c1-c1ccc(NCC2CC3CN(CC4CCOCC4)C[C@@H]3C2)nn1. The topological polar surface area (TPSA) is 68.1 Å². The maximum atomic E-state index is 5.51. The molecule has 7 heteroatoms. The van der Waals surface area contributed by atoms with Crippen LogP contribution in [0.15, 0.2) is 18.3 Å². The van der Waals surface area contributed by atoms with Crippen molar-refractivity contribution in [2.75, 3.05) is 44.7 Å². The Balaban J connectivity index is 1.09. The largest absolute Gasteiger partial charge is 0.381 e. The van der Waals surface area contributed by atoms with Crippen molar-refractivity contribution in [2.24, 2.45) is 30.7 Å². The molecule has 2 aromatic heterocycles. The molecule has 3 aliphatic rings. The molecule has 2 aliphatic heterocycles. The first kappa shape index (κ1) is 19.9. The van der Waals surface area contributed by atoms with E-state index in [1.807, 2.05) is 30.1 Å². The molecule has 1 saturated carbocycles. The van der Waals surface area contributed by atoms with Crippen molar-refractivity contribution in [3.05, 3.63) is 23.9 Å². The van der Waals surface area contributed by atoms with Crippen molar-refractivity contribution in [1.82, 2.24) is 24.9 Å². The Morgan fingerprint density at radius 2 is 1.83 bits per heavy atom. The Bertz CT molecular complexity index is 810. The second-order valence-corrected chi connectivity index (χ2v) is 9.62. The van der Waals surface area contributed by atoms with Gasteiger partial charge in [0.1, 0.15) is 11.5 Å². The lowest BCUT2D eigenvalue weighted by Crippen LogP contribution is -2.32. The molecule has 2 unspecified atom stereocenters. The molecule has 0 spiro atoms. The van der Waals surface area contributed by atoms with Crippen molar-refractivity contribution in [3.8, 4) is 11.4 Å². The monoisotopic (exact) mass is 410 g/mol. The van der Waals surface area contributed by atoms with Crippen LogP contribution in [0, 0.1) is 30.6 Å². The molecular formula is C23H34N6O. The van der Waals surface area contributed by atoms with E-state index in [1.54, 1.807) is 0 Å². The van der Waals surface area contributed by atoms with Crippen molar-refractivity contribution in [1.29, 1.82) is 0 Å². The van der Waals surface area contributed by atoms with Crippen molar-refractivity contribution >= 4 is 5.82 Å². The number of hydrogen-bond acceptors (Lipinski definition) is 6. The molecule has 7 nitrogen and oxygen atoms in total. The summed E-state index contributed by atoms with van der Waals surface area (Å²) in [7, 11) is 1.94. The second-order valence-electron chi connectivity index (χ2n) is 9.62. The number of ether oxygens (including phenoxy) is 1. The molecule has 0 radical (unpaired) electrons. The minimum absolute atomic E-state index is 0.756. The number of nitrogens with one attached hydrogen (secondary N) is 1. The lowest BCUT2D eigenvalue weighted by atomic mass is 9.99. The predicted octanol–water partition coefficient (Wildman–Crippen LogP) is 2.98. The molecule has 3 fully saturated rings. The van der Waals surface area contributed by atoms with Gasteiger partial charge in [-0.3, -0.25) is 4.68 Å². The van der Waals surface area contributed by atoms with Crippen LogP contribution in [0.4, 0.5) is 5.82 Å². The molecule has 2 aromatic rings. The van der Waals surface area contributed by atoms with Crippen molar-refractivity contribution < 1.29 is 4.74 Å². The highest BCUT2D eigenvalue weighted by molar-refractivity contribution is 5.59. The minimum Gasteiger partial charge on any atom is -0.381 e. The number of likely N-dealkylation sites (tertiary alicyclic amines) is 1. The standard InChI is InChI=1S/C23H34N6O/c1-16-11-25-28(2)23(16)21-3-4-22(27-26-21)24-12-18-9-19-14-29(15-20(19)10-18)13-17-5-7-30-8-6-17/h3-4,11,17-20H,5-10,12-15H2,1-2H3,(H,24,27)/t18?,19-,20?/m0/s1. The highest BCUT2D eigenvalue weighted by atomic mass is 16.5. The fraction of sp³-hybridized carbons (Fsp3) is 0.696. The lowest BCUT2D eigenvalue weighted by Gasteiger charge is -2.27. The number of aromatic nitrogens is 4. The summed E-state index contributed by atoms with van der Waals surface area (Å²) in [5.74, 6) is 4.25. The van der Waals surface area contributed by atoms with Gasteiger partial charge in [-0.05, 0) is 74.0 Å².